The van der Waals surface area contributed by atoms with Crippen LogP contribution in [-0.4, -0.2) is 46.7 Å². The van der Waals surface area contributed by atoms with Gasteiger partial charge in [0.2, 0.25) is 5.75 Å². The van der Waals surface area contributed by atoms with Crippen LogP contribution in [0, 0.1) is 12.7 Å². The van der Waals surface area contributed by atoms with Gasteiger partial charge in [-0.1, -0.05) is 12.1 Å². The van der Waals surface area contributed by atoms with Gasteiger partial charge in [0.05, 0.1) is 18.9 Å². The number of nitrogens with zero attached hydrogens (tertiary/aromatic N) is 3. The number of morpholine rings is 1. The van der Waals surface area contributed by atoms with Gasteiger partial charge in [-0.2, -0.15) is 0 Å². The van der Waals surface area contributed by atoms with Gasteiger partial charge in [0.25, 0.3) is 5.91 Å². The first-order valence-corrected chi connectivity index (χ1v) is 9.55. The highest BCUT2D eigenvalue weighted by atomic mass is 19.1. The number of benzene rings is 1. The molecule has 9 heteroatoms. The fourth-order valence-corrected chi connectivity index (χ4v) is 3.40. The number of halogens is 1. The zero-order valence-corrected chi connectivity index (χ0v) is 16.4. The van der Waals surface area contributed by atoms with Crippen molar-refractivity contribution in [3.05, 3.63) is 69.5 Å². The van der Waals surface area contributed by atoms with Crippen LogP contribution < -0.4 is 15.8 Å². The Morgan fingerprint density at radius 1 is 1.27 bits per heavy atom. The summed E-state index contributed by atoms with van der Waals surface area (Å²) in [5.74, 6) is -1.78. The molecular weight excluding hydrogens is 391 g/mol. The highest BCUT2D eigenvalue weighted by molar-refractivity contribution is 5.95. The van der Waals surface area contributed by atoms with E-state index >= 15 is 0 Å². The number of pyridine rings is 1. The van der Waals surface area contributed by atoms with Crippen LogP contribution in [-0.2, 0) is 11.3 Å². The van der Waals surface area contributed by atoms with Gasteiger partial charge >= 0.3 is 5.56 Å². The van der Waals surface area contributed by atoms with E-state index in [9.17, 15) is 19.1 Å². The van der Waals surface area contributed by atoms with E-state index in [4.69, 9.17) is 4.74 Å². The van der Waals surface area contributed by atoms with Gasteiger partial charge in [-0.05, 0) is 36.2 Å². The lowest BCUT2D eigenvalue weighted by Crippen LogP contribution is -2.36. The third-order valence-corrected chi connectivity index (χ3v) is 5.03. The van der Waals surface area contributed by atoms with Crippen LogP contribution in [0.3, 0.4) is 0 Å². The maximum Gasteiger partial charge on any atom is 0.300 e. The molecule has 3 aromatic rings. The second-order valence-corrected chi connectivity index (χ2v) is 7.10. The number of aromatic nitrogens is 2. The number of amides is 1. The second-order valence-electron chi connectivity index (χ2n) is 7.10. The normalized spacial score (nSPS) is 14.1. The Morgan fingerprint density at radius 2 is 1.97 bits per heavy atom. The molecule has 0 unspecified atom stereocenters. The Kier molecular flexibility index (Phi) is 5.37. The van der Waals surface area contributed by atoms with E-state index in [1.165, 1.54) is 28.7 Å². The van der Waals surface area contributed by atoms with Gasteiger partial charge in [-0.25, -0.2) is 9.37 Å². The number of aromatic hydroxyl groups is 1. The number of anilines is 1. The van der Waals surface area contributed by atoms with Gasteiger partial charge in [0.1, 0.15) is 11.5 Å². The molecule has 2 aromatic heterocycles. The van der Waals surface area contributed by atoms with Crippen molar-refractivity contribution in [1.29, 1.82) is 0 Å². The lowest BCUT2D eigenvalue weighted by molar-refractivity contribution is 0.0942. The fourth-order valence-electron chi connectivity index (χ4n) is 3.40. The molecule has 1 fully saturated rings. The molecule has 0 bridgehead atoms. The van der Waals surface area contributed by atoms with Gasteiger partial charge in [0.15, 0.2) is 5.69 Å². The zero-order chi connectivity index (χ0) is 21.3. The van der Waals surface area contributed by atoms with Crippen molar-refractivity contribution < 1.29 is 19.0 Å². The summed E-state index contributed by atoms with van der Waals surface area (Å²) in [7, 11) is 0. The molecule has 30 heavy (non-hydrogen) atoms. The first-order valence-electron chi connectivity index (χ1n) is 9.55. The summed E-state index contributed by atoms with van der Waals surface area (Å²) in [6.07, 6.45) is 1.61. The number of hydrogen-bond acceptors (Lipinski definition) is 6. The van der Waals surface area contributed by atoms with E-state index in [1.54, 1.807) is 13.1 Å². The number of rotatable bonds is 4. The van der Waals surface area contributed by atoms with Crippen molar-refractivity contribution in [2.24, 2.45) is 0 Å². The van der Waals surface area contributed by atoms with Gasteiger partial charge in [-0.15, -0.1) is 0 Å². The maximum absolute atomic E-state index is 13.0. The minimum Gasteiger partial charge on any atom is -0.501 e. The van der Waals surface area contributed by atoms with Gasteiger partial charge in [0, 0.05) is 25.8 Å². The fraction of sp³-hybridized carbons (Fsp3) is 0.286. The van der Waals surface area contributed by atoms with Gasteiger partial charge in [-0.3, -0.25) is 14.0 Å². The molecule has 1 saturated heterocycles. The van der Waals surface area contributed by atoms with Crippen LogP contribution in [0.15, 0.2) is 41.3 Å². The second kappa shape index (κ2) is 8.11. The Bertz CT molecular complexity index is 1150. The van der Waals surface area contributed by atoms with Crippen molar-refractivity contribution in [3.63, 3.8) is 0 Å². The lowest BCUT2D eigenvalue weighted by Gasteiger charge is -2.29. The Hall–Kier alpha value is -3.46. The standard InChI is InChI=1S/C21H21FN4O4/c1-13-10-16(25-6-8-30-9-7-25)12-26-19(13)24-17(18(27)21(26)29)20(28)23-11-14-2-4-15(22)5-3-14/h2-5,10,12,27H,6-9,11H2,1H3,(H,23,28). The number of hydrogen-bond donors (Lipinski definition) is 2. The third-order valence-electron chi connectivity index (χ3n) is 5.03. The molecule has 0 spiro atoms. The van der Waals surface area contributed by atoms with Crippen molar-refractivity contribution in [2.75, 3.05) is 31.2 Å². The van der Waals surface area contributed by atoms with E-state index in [2.05, 4.69) is 15.2 Å². The van der Waals surface area contributed by atoms with E-state index in [0.717, 1.165) is 5.69 Å². The predicted molar refractivity (Wildman–Crippen MR) is 108 cm³/mol. The van der Waals surface area contributed by atoms with Crippen LogP contribution in [0.5, 0.6) is 5.75 Å². The molecule has 1 aromatic carbocycles. The van der Waals surface area contributed by atoms with E-state index in [1.807, 2.05) is 6.07 Å². The number of carbonyl (C=O) groups excluding carboxylic acids is 1. The van der Waals surface area contributed by atoms with Crippen molar-refractivity contribution in [2.45, 2.75) is 13.5 Å². The number of fused-ring (bicyclic) bond motifs is 1. The quantitative estimate of drug-likeness (QED) is 0.676. The van der Waals surface area contributed by atoms with E-state index in [0.29, 0.717) is 43.1 Å². The number of nitrogens with one attached hydrogen (secondary N) is 1. The lowest BCUT2D eigenvalue weighted by atomic mass is 10.2. The molecule has 3 heterocycles. The van der Waals surface area contributed by atoms with E-state index < -0.39 is 17.2 Å². The third kappa shape index (κ3) is 3.84. The average molecular weight is 412 g/mol. The van der Waals surface area contributed by atoms with Gasteiger partial charge < -0.3 is 20.1 Å². The molecule has 1 aliphatic heterocycles. The molecule has 8 nitrogen and oxygen atoms in total. The van der Waals surface area contributed by atoms with Crippen LogP contribution in [0.25, 0.3) is 5.65 Å². The summed E-state index contributed by atoms with van der Waals surface area (Å²) in [4.78, 5) is 31.6. The van der Waals surface area contributed by atoms with Crippen LogP contribution in [0.1, 0.15) is 21.6 Å². The smallest absolute Gasteiger partial charge is 0.300 e. The van der Waals surface area contributed by atoms with Crippen LogP contribution >= 0.6 is 0 Å². The monoisotopic (exact) mass is 412 g/mol. The van der Waals surface area contributed by atoms with Crippen LogP contribution in [0.2, 0.25) is 0 Å². The molecule has 2 N–H and O–H groups in total. The van der Waals surface area contributed by atoms with E-state index in [-0.39, 0.29) is 18.1 Å². The summed E-state index contributed by atoms with van der Waals surface area (Å²) < 4.78 is 19.6. The van der Waals surface area contributed by atoms with Crippen molar-refractivity contribution in [1.82, 2.24) is 14.7 Å². The highest BCUT2D eigenvalue weighted by Gasteiger charge is 2.21. The molecule has 1 aliphatic rings. The minimum atomic E-state index is -0.720. The van der Waals surface area contributed by atoms with Crippen molar-refractivity contribution in [3.8, 4) is 5.75 Å². The molecule has 0 saturated carbocycles. The molecular formula is C21H21FN4O4. The Labute approximate surface area is 171 Å². The summed E-state index contributed by atoms with van der Waals surface area (Å²) in [5.41, 5.74) is 1.42. The molecule has 156 valence electrons. The summed E-state index contributed by atoms with van der Waals surface area (Å²) >= 11 is 0. The highest BCUT2D eigenvalue weighted by Crippen LogP contribution is 2.21. The van der Waals surface area contributed by atoms with Crippen LogP contribution in [0.4, 0.5) is 10.1 Å². The average Bonchev–Trinajstić information content (AvgIpc) is 2.76. The topological polar surface area (TPSA) is 96.2 Å². The number of aryl methyl sites for hydroxylation is 1. The predicted octanol–water partition coefficient (Wildman–Crippen LogP) is 1.61. The molecule has 0 atom stereocenters. The SMILES string of the molecule is Cc1cc(N2CCOCC2)cn2c(=O)c(O)c(C(=O)NCc3ccc(F)cc3)nc12. The number of carbonyl (C=O) groups is 1. The summed E-state index contributed by atoms with van der Waals surface area (Å²) in [6, 6.07) is 7.54. The Balaban J connectivity index is 1.65. The first-order chi connectivity index (χ1) is 14.4. The largest absolute Gasteiger partial charge is 0.501 e. The molecule has 4 rings (SSSR count). The number of ether oxygens (including phenoxy) is 1. The molecule has 0 radical (unpaired) electrons. The zero-order valence-electron chi connectivity index (χ0n) is 16.4. The molecule has 0 aliphatic carbocycles. The summed E-state index contributed by atoms with van der Waals surface area (Å²) in [6.45, 7) is 4.49. The maximum atomic E-state index is 13.0. The molecule has 1 amide bonds. The minimum absolute atomic E-state index is 0.106. The Morgan fingerprint density at radius 3 is 2.67 bits per heavy atom. The van der Waals surface area contributed by atoms with Crippen molar-refractivity contribution >= 4 is 17.2 Å². The first kappa shape index (κ1) is 19.8. The summed E-state index contributed by atoms with van der Waals surface area (Å²) in [5, 5.41) is 12.9.